The average molecular weight is 333 g/mol. The van der Waals surface area contributed by atoms with Crippen molar-refractivity contribution in [1.29, 1.82) is 0 Å². The molecule has 0 saturated carbocycles. The minimum Gasteiger partial charge on any atom is -0.481 e. The molecule has 0 fully saturated rings. The van der Waals surface area contributed by atoms with E-state index in [4.69, 9.17) is 28.3 Å². The number of carboxylic acid groups (broad SMARTS) is 1. The summed E-state index contributed by atoms with van der Waals surface area (Å²) in [6.07, 6.45) is 0. The number of benzene rings is 1. The lowest BCUT2D eigenvalue weighted by Gasteiger charge is -2.23. The first-order valence-corrected chi connectivity index (χ1v) is 7.26. The van der Waals surface area contributed by atoms with E-state index in [1.54, 1.807) is 26.0 Å². The number of rotatable bonds is 5. The van der Waals surface area contributed by atoms with E-state index in [9.17, 15) is 9.59 Å². The van der Waals surface area contributed by atoms with Crippen LogP contribution in [-0.4, -0.2) is 35.1 Å². The average Bonchev–Trinajstić information content (AvgIpc) is 2.41. The van der Waals surface area contributed by atoms with E-state index >= 15 is 0 Å². The lowest BCUT2D eigenvalue weighted by atomic mass is 10.2. The molecule has 0 aliphatic carbocycles. The standard InChI is InChI=1S/C14H18Cl2N2O3/c1-4-18(7-9(3)13(19)20)14(21)17-12-6-10(15)8(2)5-11(12)16/h5-6,9H,4,7H2,1-3H3,(H,17,21)(H,19,20). The summed E-state index contributed by atoms with van der Waals surface area (Å²) < 4.78 is 0. The largest absolute Gasteiger partial charge is 0.481 e. The normalized spacial score (nSPS) is 11.9. The van der Waals surface area contributed by atoms with Crippen LogP contribution in [-0.2, 0) is 4.79 Å². The highest BCUT2D eigenvalue weighted by Gasteiger charge is 2.20. The highest BCUT2D eigenvalue weighted by atomic mass is 35.5. The van der Waals surface area contributed by atoms with Crippen LogP contribution in [0.4, 0.5) is 10.5 Å². The van der Waals surface area contributed by atoms with Gasteiger partial charge in [0.05, 0.1) is 16.6 Å². The van der Waals surface area contributed by atoms with E-state index in [1.807, 2.05) is 6.92 Å². The van der Waals surface area contributed by atoms with E-state index in [2.05, 4.69) is 5.32 Å². The second-order valence-corrected chi connectivity index (χ2v) is 5.60. The number of carboxylic acids is 1. The smallest absolute Gasteiger partial charge is 0.321 e. The van der Waals surface area contributed by atoms with Gasteiger partial charge in [-0.05, 0) is 31.5 Å². The van der Waals surface area contributed by atoms with E-state index in [-0.39, 0.29) is 6.54 Å². The van der Waals surface area contributed by atoms with Crippen molar-refractivity contribution in [2.75, 3.05) is 18.4 Å². The minimum atomic E-state index is -0.947. The third-order valence-electron chi connectivity index (χ3n) is 3.07. The first kappa shape index (κ1) is 17.6. The van der Waals surface area contributed by atoms with Gasteiger partial charge in [-0.1, -0.05) is 30.1 Å². The van der Waals surface area contributed by atoms with Crippen molar-refractivity contribution in [2.45, 2.75) is 20.8 Å². The summed E-state index contributed by atoms with van der Waals surface area (Å²) >= 11 is 12.1. The topological polar surface area (TPSA) is 69.6 Å². The Bertz CT molecular complexity index is 549. The molecule has 0 aromatic heterocycles. The molecule has 5 nitrogen and oxygen atoms in total. The molecule has 7 heteroatoms. The van der Waals surface area contributed by atoms with Gasteiger partial charge in [0.15, 0.2) is 0 Å². The number of anilines is 1. The summed E-state index contributed by atoms with van der Waals surface area (Å²) in [7, 11) is 0. The monoisotopic (exact) mass is 332 g/mol. The number of aryl methyl sites for hydroxylation is 1. The van der Waals surface area contributed by atoms with Crippen molar-refractivity contribution in [3.63, 3.8) is 0 Å². The summed E-state index contributed by atoms with van der Waals surface area (Å²) in [5.74, 6) is -1.59. The zero-order chi connectivity index (χ0) is 16.2. The molecule has 0 spiro atoms. The van der Waals surface area contributed by atoms with Crippen molar-refractivity contribution in [1.82, 2.24) is 4.90 Å². The van der Waals surface area contributed by atoms with Gasteiger partial charge in [0.2, 0.25) is 0 Å². The first-order valence-electron chi connectivity index (χ1n) is 6.50. The van der Waals surface area contributed by atoms with Gasteiger partial charge in [0.25, 0.3) is 0 Å². The zero-order valence-electron chi connectivity index (χ0n) is 12.1. The fourth-order valence-electron chi connectivity index (χ4n) is 1.70. The lowest BCUT2D eigenvalue weighted by molar-refractivity contribution is -0.141. The van der Waals surface area contributed by atoms with Crippen LogP contribution in [0.1, 0.15) is 19.4 Å². The maximum atomic E-state index is 12.2. The first-order chi connectivity index (χ1) is 9.76. The van der Waals surface area contributed by atoms with Gasteiger partial charge in [-0.3, -0.25) is 4.79 Å². The molecule has 0 aliphatic rings. The Hall–Kier alpha value is -1.46. The molecule has 0 aliphatic heterocycles. The predicted octanol–water partition coefficient (Wildman–Crippen LogP) is 3.88. The predicted molar refractivity (Wildman–Crippen MR) is 84.3 cm³/mol. The Morgan fingerprint density at radius 3 is 2.48 bits per heavy atom. The van der Waals surface area contributed by atoms with Crippen LogP contribution in [0, 0.1) is 12.8 Å². The van der Waals surface area contributed by atoms with Crippen LogP contribution < -0.4 is 5.32 Å². The van der Waals surface area contributed by atoms with Crippen molar-refractivity contribution in [2.24, 2.45) is 5.92 Å². The van der Waals surface area contributed by atoms with E-state index < -0.39 is 17.9 Å². The minimum absolute atomic E-state index is 0.120. The molecule has 0 radical (unpaired) electrons. The third kappa shape index (κ3) is 4.79. The molecule has 21 heavy (non-hydrogen) atoms. The maximum absolute atomic E-state index is 12.2. The second kappa shape index (κ2) is 7.52. The Morgan fingerprint density at radius 1 is 1.33 bits per heavy atom. The van der Waals surface area contributed by atoms with Gasteiger partial charge in [-0.2, -0.15) is 0 Å². The molecule has 0 heterocycles. The molecule has 116 valence electrons. The number of carbonyl (C=O) groups is 2. The van der Waals surface area contributed by atoms with Crippen molar-refractivity contribution in [3.05, 3.63) is 27.7 Å². The number of aliphatic carboxylic acids is 1. The summed E-state index contributed by atoms with van der Waals surface area (Å²) in [5.41, 5.74) is 1.21. The molecule has 1 atom stereocenters. The molecule has 0 bridgehead atoms. The van der Waals surface area contributed by atoms with Crippen LogP contribution in [0.2, 0.25) is 10.0 Å². The summed E-state index contributed by atoms with van der Waals surface area (Å²) in [5, 5.41) is 12.4. The van der Waals surface area contributed by atoms with Gasteiger partial charge in [-0.25, -0.2) is 4.79 Å². The van der Waals surface area contributed by atoms with Gasteiger partial charge in [0, 0.05) is 18.1 Å². The number of nitrogens with one attached hydrogen (secondary N) is 1. The highest BCUT2D eigenvalue weighted by Crippen LogP contribution is 2.29. The van der Waals surface area contributed by atoms with Crippen molar-refractivity contribution < 1.29 is 14.7 Å². The molecule has 1 rings (SSSR count). The number of halogens is 2. The maximum Gasteiger partial charge on any atom is 0.321 e. The van der Waals surface area contributed by atoms with Gasteiger partial charge in [0.1, 0.15) is 0 Å². The van der Waals surface area contributed by atoms with Crippen LogP contribution in [0.15, 0.2) is 12.1 Å². The Labute approximate surface area is 133 Å². The second-order valence-electron chi connectivity index (χ2n) is 4.79. The Balaban J connectivity index is 2.83. The fourth-order valence-corrected chi connectivity index (χ4v) is 2.13. The molecule has 1 aromatic carbocycles. The number of hydrogen-bond donors (Lipinski definition) is 2. The molecule has 0 saturated heterocycles. The van der Waals surface area contributed by atoms with Crippen LogP contribution in [0.5, 0.6) is 0 Å². The SMILES string of the molecule is CCN(CC(C)C(=O)O)C(=O)Nc1cc(Cl)c(C)cc1Cl. The third-order valence-corrected chi connectivity index (χ3v) is 3.79. The molecule has 1 unspecified atom stereocenters. The summed E-state index contributed by atoms with van der Waals surface area (Å²) in [6, 6.07) is 2.83. The van der Waals surface area contributed by atoms with E-state index in [1.165, 1.54) is 4.90 Å². The number of carbonyl (C=O) groups excluding carboxylic acids is 1. The molecule has 1 aromatic rings. The van der Waals surface area contributed by atoms with Crippen LogP contribution >= 0.6 is 23.2 Å². The number of amides is 2. The van der Waals surface area contributed by atoms with Crippen LogP contribution in [0.25, 0.3) is 0 Å². The van der Waals surface area contributed by atoms with Gasteiger partial charge >= 0.3 is 12.0 Å². The Kier molecular flexibility index (Phi) is 6.30. The quantitative estimate of drug-likeness (QED) is 0.859. The molecule has 2 N–H and O–H groups in total. The van der Waals surface area contributed by atoms with Crippen LogP contribution in [0.3, 0.4) is 0 Å². The lowest BCUT2D eigenvalue weighted by Crippen LogP contribution is -2.39. The van der Waals surface area contributed by atoms with Crippen molar-refractivity contribution >= 4 is 40.9 Å². The highest BCUT2D eigenvalue weighted by molar-refractivity contribution is 6.36. The zero-order valence-corrected chi connectivity index (χ0v) is 13.6. The van der Waals surface area contributed by atoms with Gasteiger partial charge in [-0.15, -0.1) is 0 Å². The molecular weight excluding hydrogens is 315 g/mol. The van der Waals surface area contributed by atoms with Gasteiger partial charge < -0.3 is 15.3 Å². The molecular formula is C14H18Cl2N2O3. The van der Waals surface area contributed by atoms with E-state index in [0.717, 1.165) is 5.56 Å². The number of urea groups is 1. The summed E-state index contributed by atoms with van der Waals surface area (Å²) in [6.45, 7) is 5.65. The number of nitrogens with zero attached hydrogens (tertiary/aromatic N) is 1. The molecule has 2 amide bonds. The Morgan fingerprint density at radius 2 is 1.95 bits per heavy atom. The summed E-state index contributed by atoms with van der Waals surface area (Å²) in [4.78, 5) is 24.4. The number of hydrogen-bond acceptors (Lipinski definition) is 2. The fraction of sp³-hybridized carbons (Fsp3) is 0.429. The van der Waals surface area contributed by atoms with Crippen molar-refractivity contribution in [3.8, 4) is 0 Å². The van der Waals surface area contributed by atoms with E-state index in [0.29, 0.717) is 22.3 Å².